The Bertz CT molecular complexity index is 195. The molecule has 0 aromatic rings. The zero-order chi connectivity index (χ0) is 12.1. The molecule has 0 amide bonds. The molecule has 0 atom stereocenters. The molecule has 0 bridgehead atoms. The summed E-state index contributed by atoms with van der Waals surface area (Å²) in [6.07, 6.45) is 15.7. The molecular weight excluding hydrogens is 200 g/mol. The van der Waals surface area contributed by atoms with E-state index < -0.39 is 0 Å². The molecule has 0 aliphatic rings. The highest BCUT2D eigenvalue weighted by atomic mass is 16.3. The Kier molecular flexibility index (Phi) is 11.5. The summed E-state index contributed by atoms with van der Waals surface area (Å²) in [6.45, 7) is 2.24. The van der Waals surface area contributed by atoms with E-state index in [-0.39, 0.29) is 5.76 Å². The first kappa shape index (κ1) is 15.1. The number of hydrogen-bond donors (Lipinski definition) is 2. The summed E-state index contributed by atoms with van der Waals surface area (Å²) in [5.41, 5.74) is 0. The van der Waals surface area contributed by atoms with Crippen molar-refractivity contribution in [2.45, 2.75) is 64.7 Å². The van der Waals surface area contributed by atoms with E-state index in [9.17, 15) is 0 Å². The maximum absolute atomic E-state index is 8.91. The van der Waals surface area contributed by atoms with Gasteiger partial charge in [0, 0.05) is 0 Å². The zero-order valence-electron chi connectivity index (χ0n) is 10.5. The van der Waals surface area contributed by atoms with Gasteiger partial charge in [0.1, 0.15) is 12.0 Å². The summed E-state index contributed by atoms with van der Waals surface area (Å²) < 4.78 is 0. The predicted octanol–water partition coefficient (Wildman–Crippen LogP) is 5.03. The van der Waals surface area contributed by atoms with E-state index >= 15 is 0 Å². The Labute approximate surface area is 99.7 Å². The minimum absolute atomic E-state index is 0.0698. The van der Waals surface area contributed by atoms with Crippen LogP contribution in [0.1, 0.15) is 64.7 Å². The van der Waals surface area contributed by atoms with Crippen LogP contribution in [0, 0.1) is 0 Å². The van der Waals surface area contributed by atoms with Gasteiger partial charge in [-0.1, -0.05) is 57.9 Å². The van der Waals surface area contributed by atoms with Crippen LogP contribution in [0.5, 0.6) is 0 Å². The molecule has 0 aliphatic carbocycles. The number of aliphatic hydroxyl groups is 2. The largest absolute Gasteiger partial charge is 0.512 e. The van der Waals surface area contributed by atoms with Crippen molar-refractivity contribution in [2.24, 2.45) is 0 Å². The lowest BCUT2D eigenvalue weighted by molar-refractivity contribution is 0.377. The maximum atomic E-state index is 8.91. The summed E-state index contributed by atoms with van der Waals surface area (Å²) in [5, 5.41) is 17.3. The zero-order valence-corrected chi connectivity index (χ0v) is 10.5. The van der Waals surface area contributed by atoms with Gasteiger partial charge in [0.05, 0.1) is 0 Å². The highest BCUT2D eigenvalue weighted by Crippen LogP contribution is 2.09. The smallest absolute Gasteiger partial charge is 0.149 e. The van der Waals surface area contributed by atoms with Crippen LogP contribution >= 0.6 is 0 Å². The molecule has 94 valence electrons. The van der Waals surface area contributed by atoms with Gasteiger partial charge in [-0.15, -0.1) is 0 Å². The summed E-state index contributed by atoms with van der Waals surface area (Å²) in [7, 11) is 0. The van der Waals surface area contributed by atoms with Crippen molar-refractivity contribution >= 4 is 0 Å². The van der Waals surface area contributed by atoms with Crippen molar-refractivity contribution in [1.29, 1.82) is 0 Å². The molecule has 16 heavy (non-hydrogen) atoms. The molecular formula is C14H26O2. The molecule has 0 unspecified atom stereocenters. The van der Waals surface area contributed by atoms with Gasteiger partial charge in [-0.2, -0.15) is 0 Å². The number of aliphatic hydroxyl groups excluding tert-OH is 2. The molecule has 0 heterocycles. The predicted molar refractivity (Wildman–Crippen MR) is 69.7 cm³/mol. The van der Waals surface area contributed by atoms with E-state index in [4.69, 9.17) is 10.2 Å². The van der Waals surface area contributed by atoms with Gasteiger partial charge < -0.3 is 10.2 Å². The summed E-state index contributed by atoms with van der Waals surface area (Å²) in [4.78, 5) is 0. The van der Waals surface area contributed by atoms with Gasteiger partial charge >= 0.3 is 0 Å². The van der Waals surface area contributed by atoms with Gasteiger partial charge in [0.15, 0.2) is 0 Å². The number of unbranched alkanes of at least 4 members (excludes halogenated alkanes) is 8. The molecule has 0 saturated heterocycles. The molecule has 2 N–H and O–H groups in total. The molecule has 0 fully saturated rings. The lowest BCUT2D eigenvalue weighted by atomic mass is 10.1. The molecule has 0 aromatic carbocycles. The topological polar surface area (TPSA) is 40.5 Å². The van der Waals surface area contributed by atoms with Crippen molar-refractivity contribution in [2.75, 3.05) is 0 Å². The van der Waals surface area contributed by atoms with Gasteiger partial charge in [0.2, 0.25) is 0 Å². The monoisotopic (exact) mass is 226 g/mol. The number of rotatable bonds is 10. The minimum Gasteiger partial charge on any atom is -0.512 e. The van der Waals surface area contributed by atoms with Crippen LogP contribution < -0.4 is 0 Å². The van der Waals surface area contributed by atoms with E-state index in [1.807, 2.05) is 6.08 Å². The summed E-state index contributed by atoms with van der Waals surface area (Å²) >= 11 is 0. The highest BCUT2D eigenvalue weighted by molar-refractivity contribution is 5.06. The second-order valence-electron chi connectivity index (χ2n) is 4.22. The third kappa shape index (κ3) is 11.2. The van der Waals surface area contributed by atoms with Gasteiger partial charge in [-0.05, 0) is 18.9 Å². The first-order chi connectivity index (χ1) is 7.81. The maximum Gasteiger partial charge on any atom is 0.149 e. The molecule has 0 saturated carbocycles. The fraction of sp³-hybridized carbons (Fsp3) is 0.714. The average molecular weight is 226 g/mol. The Morgan fingerprint density at radius 2 is 1.50 bits per heavy atom. The van der Waals surface area contributed by atoms with Crippen molar-refractivity contribution in [1.82, 2.24) is 0 Å². The van der Waals surface area contributed by atoms with Crippen LogP contribution in [0.2, 0.25) is 0 Å². The molecule has 0 aromatic heterocycles. The van der Waals surface area contributed by atoms with Crippen LogP contribution in [-0.2, 0) is 0 Å². The van der Waals surface area contributed by atoms with Crippen LogP contribution in [0.25, 0.3) is 0 Å². The minimum atomic E-state index is -0.0698. The van der Waals surface area contributed by atoms with Gasteiger partial charge in [0.25, 0.3) is 0 Å². The molecule has 0 radical (unpaired) electrons. The van der Waals surface area contributed by atoms with Crippen molar-refractivity contribution in [3.63, 3.8) is 0 Å². The SMILES string of the molecule is CCCCCCCCCCC=CC(O)=CO. The summed E-state index contributed by atoms with van der Waals surface area (Å²) in [5.74, 6) is -0.0698. The third-order valence-electron chi connectivity index (χ3n) is 2.65. The Balaban J connectivity index is 3.13. The average Bonchev–Trinajstić information content (AvgIpc) is 2.31. The Morgan fingerprint density at radius 1 is 0.938 bits per heavy atom. The summed E-state index contributed by atoms with van der Waals surface area (Å²) in [6, 6.07) is 0. The fourth-order valence-corrected chi connectivity index (χ4v) is 1.64. The quantitative estimate of drug-likeness (QED) is 0.311. The lowest BCUT2D eigenvalue weighted by Crippen LogP contribution is -1.80. The first-order valence-corrected chi connectivity index (χ1v) is 6.51. The standard InChI is InChI=1S/C14H26O2/c1-2-3-4-5-6-7-8-9-10-11-12-14(16)13-15/h11-13,15-16H,2-10H2,1H3. The van der Waals surface area contributed by atoms with Crippen LogP contribution in [0.3, 0.4) is 0 Å². The molecule has 0 rings (SSSR count). The van der Waals surface area contributed by atoms with Gasteiger partial charge in [-0.3, -0.25) is 0 Å². The number of allylic oxidation sites excluding steroid dienone is 2. The van der Waals surface area contributed by atoms with Gasteiger partial charge in [-0.25, -0.2) is 0 Å². The second-order valence-corrected chi connectivity index (χ2v) is 4.22. The molecule has 0 aliphatic heterocycles. The van der Waals surface area contributed by atoms with Crippen LogP contribution in [0.4, 0.5) is 0 Å². The van der Waals surface area contributed by atoms with Crippen molar-refractivity contribution in [3.05, 3.63) is 24.2 Å². The van der Waals surface area contributed by atoms with E-state index in [1.165, 1.54) is 51.4 Å². The third-order valence-corrected chi connectivity index (χ3v) is 2.65. The van der Waals surface area contributed by atoms with E-state index in [0.29, 0.717) is 6.26 Å². The van der Waals surface area contributed by atoms with Crippen LogP contribution in [-0.4, -0.2) is 10.2 Å². The fourth-order valence-electron chi connectivity index (χ4n) is 1.64. The first-order valence-electron chi connectivity index (χ1n) is 6.51. The van der Waals surface area contributed by atoms with E-state index in [2.05, 4.69) is 6.92 Å². The highest BCUT2D eigenvalue weighted by Gasteiger charge is 1.90. The van der Waals surface area contributed by atoms with E-state index in [1.54, 1.807) is 6.08 Å². The molecule has 0 spiro atoms. The van der Waals surface area contributed by atoms with Crippen LogP contribution in [0.15, 0.2) is 24.2 Å². The van der Waals surface area contributed by atoms with Crippen molar-refractivity contribution < 1.29 is 10.2 Å². The Morgan fingerprint density at radius 3 is 2.06 bits per heavy atom. The van der Waals surface area contributed by atoms with E-state index in [0.717, 1.165) is 6.42 Å². The lowest BCUT2D eigenvalue weighted by Gasteiger charge is -1.99. The Hall–Kier alpha value is -0.920. The molecule has 2 nitrogen and oxygen atoms in total. The number of hydrogen-bond acceptors (Lipinski definition) is 2. The normalized spacial score (nSPS) is 12.4. The van der Waals surface area contributed by atoms with Crippen molar-refractivity contribution in [3.8, 4) is 0 Å². The second kappa shape index (κ2) is 12.2. The molecule has 2 heteroatoms.